The van der Waals surface area contributed by atoms with E-state index < -0.39 is 43.7 Å². The summed E-state index contributed by atoms with van der Waals surface area (Å²) in [4.78, 5) is 25.4. The van der Waals surface area contributed by atoms with Crippen LogP contribution in [0.1, 0.15) is 33.3 Å². The second kappa shape index (κ2) is 10.9. The van der Waals surface area contributed by atoms with Gasteiger partial charge in [0.25, 0.3) is 0 Å². The second-order valence-electron chi connectivity index (χ2n) is 9.69. The van der Waals surface area contributed by atoms with Gasteiger partial charge in [0.2, 0.25) is 5.91 Å². The first-order valence-electron chi connectivity index (χ1n) is 10.2. The van der Waals surface area contributed by atoms with Crippen molar-refractivity contribution in [2.24, 2.45) is 5.73 Å². The monoisotopic (exact) mass is 422 g/mol. The van der Waals surface area contributed by atoms with E-state index in [4.69, 9.17) is 15.2 Å². The lowest BCUT2D eigenvalue weighted by Crippen LogP contribution is -2.54. The van der Waals surface area contributed by atoms with Crippen molar-refractivity contribution >= 4 is 20.0 Å². The highest BCUT2D eigenvalue weighted by Gasteiger charge is 2.30. The zero-order chi connectivity index (χ0) is 22.2. The van der Waals surface area contributed by atoms with E-state index in [9.17, 15) is 9.59 Å². The number of hydrogen-bond donors (Lipinski definition) is 2. The van der Waals surface area contributed by atoms with Crippen molar-refractivity contribution in [3.05, 3.63) is 35.9 Å². The Kier molecular flexibility index (Phi) is 9.52. The molecule has 6 nitrogen and oxygen atoms in total. The van der Waals surface area contributed by atoms with Crippen molar-refractivity contribution in [3.8, 4) is 0 Å². The van der Waals surface area contributed by atoms with E-state index in [2.05, 4.69) is 25.0 Å². The first kappa shape index (κ1) is 25.3. The molecule has 0 bridgehead atoms. The highest BCUT2D eigenvalue weighted by molar-refractivity contribution is 6.76. The second-order valence-corrected chi connectivity index (χ2v) is 15.3. The van der Waals surface area contributed by atoms with Crippen LogP contribution >= 0.6 is 0 Å². The first-order valence-corrected chi connectivity index (χ1v) is 13.9. The molecule has 1 aromatic carbocycles. The van der Waals surface area contributed by atoms with Crippen molar-refractivity contribution in [1.82, 2.24) is 5.32 Å². The molecule has 0 heterocycles. The van der Waals surface area contributed by atoms with E-state index in [0.717, 1.165) is 11.6 Å². The van der Waals surface area contributed by atoms with Crippen LogP contribution < -0.4 is 11.1 Å². The van der Waals surface area contributed by atoms with Crippen LogP contribution in [0.25, 0.3) is 0 Å². The zero-order valence-electron chi connectivity index (χ0n) is 19.0. The summed E-state index contributed by atoms with van der Waals surface area (Å²) in [6.07, 6.45) is -0.144. The maximum absolute atomic E-state index is 12.7. The van der Waals surface area contributed by atoms with Gasteiger partial charge in [-0.3, -0.25) is 4.79 Å². The molecule has 3 N–H and O–H groups in total. The van der Waals surface area contributed by atoms with Crippen molar-refractivity contribution in [2.45, 2.75) is 83.6 Å². The Labute approximate surface area is 176 Å². The van der Waals surface area contributed by atoms with Crippen LogP contribution in [0.4, 0.5) is 0 Å². The summed E-state index contributed by atoms with van der Waals surface area (Å²) < 4.78 is 11.3. The minimum atomic E-state index is -1.32. The summed E-state index contributed by atoms with van der Waals surface area (Å²) in [5.74, 6) is -0.859. The third kappa shape index (κ3) is 10.6. The van der Waals surface area contributed by atoms with Crippen LogP contribution in [0.2, 0.25) is 25.7 Å². The third-order valence-corrected chi connectivity index (χ3v) is 6.03. The molecule has 0 fully saturated rings. The lowest BCUT2D eigenvalue weighted by Gasteiger charge is -2.29. The van der Waals surface area contributed by atoms with Crippen molar-refractivity contribution in [3.63, 3.8) is 0 Å². The molecule has 0 aromatic heterocycles. The summed E-state index contributed by atoms with van der Waals surface area (Å²) in [6, 6.07) is 8.73. The number of esters is 1. The Hall–Kier alpha value is -1.70. The summed E-state index contributed by atoms with van der Waals surface area (Å²) in [6.45, 7) is 14.5. The minimum Gasteiger partial charge on any atom is -0.464 e. The van der Waals surface area contributed by atoms with E-state index in [1.807, 2.05) is 51.1 Å². The minimum absolute atomic E-state index is 0.347. The Morgan fingerprint density at radius 1 is 1.14 bits per heavy atom. The molecule has 29 heavy (non-hydrogen) atoms. The van der Waals surface area contributed by atoms with Gasteiger partial charge in [0.15, 0.2) is 0 Å². The molecule has 0 spiro atoms. The van der Waals surface area contributed by atoms with Crippen LogP contribution in [0.3, 0.4) is 0 Å². The first-order chi connectivity index (χ1) is 13.3. The standard InChI is InChI=1S/C22H38N2O4Si/c1-16(28-22(2,3)4)19(23)20(25)24-18(15-17-11-9-8-10-12-17)21(26)27-13-14-29(5,6)7/h8-12,16,18-19H,13-15,23H2,1-7H3,(H,24,25)/t16-,18-,19-/m0/s1. The molecule has 0 unspecified atom stereocenters. The number of ether oxygens (including phenoxy) is 2. The van der Waals surface area contributed by atoms with Crippen molar-refractivity contribution in [1.29, 1.82) is 0 Å². The lowest BCUT2D eigenvalue weighted by atomic mass is 10.0. The van der Waals surface area contributed by atoms with Crippen molar-refractivity contribution < 1.29 is 19.1 Å². The molecule has 7 heteroatoms. The van der Waals surface area contributed by atoms with Crippen LogP contribution in [-0.2, 0) is 25.5 Å². The highest BCUT2D eigenvalue weighted by Crippen LogP contribution is 2.13. The number of benzene rings is 1. The number of carbonyl (C=O) groups is 2. The van der Waals surface area contributed by atoms with Gasteiger partial charge in [0, 0.05) is 14.5 Å². The number of nitrogens with one attached hydrogen (secondary N) is 1. The normalized spacial score (nSPS) is 15.3. The molecule has 0 radical (unpaired) electrons. The Balaban J connectivity index is 2.82. The predicted octanol–water partition coefficient (Wildman–Crippen LogP) is 3.13. The Bertz CT molecular complexity index is 653. The van der Waals surface area contributed by atoms with Gasteiger partial charge < -0.3 is 20.5 Å². The van der Waals surface area contributed by atoms with Gasteiger partial charge in [0.1, 0.15) is 12.1 Å². The van der Waals surface area contributed by atoms with Gasteiger partial charge in [-0.05, 0) is 39.3 Å². The summed E-state index contributed by atoms with van der Waals surface area (Å²) >= 11 is 0. The van der Waals surface area contributed by atoms with Gasteiger partial charge in [-0.25, -0.2) is 4.79 Å². The number of rotatable bonds is 10. The topological polar surface area (TPSA) is 90.6 Å². The van der Waals surface area contributed by atoms with E-state index >= 15 is 0 Å². The predicted molar refractivity (Wildman–Crippen MR) is 119 cm³/mol. The number of hydrogen-bond acceptors (Lipinski definition) is 5. The number of amides is 1. The fourth-order valence-corrected chi connectivity index (χ4v) is 3.43. The largest absolute Gasteiger partial charge is 0.464 e. The Morgan fingerprint density at radius 2 is 1.72 bits per heavy atom. The molecule has 1 amide bonds. The number of carbonyl (C=O) groups excluding carboxylic acids is 2. The molecule has 1 rings (SSSR count). The van der Waals surface area contributed by atoms with E-state index in [0.29, 0.717) is 13.0 Å². The molecular weight excluding hydrogens is 384 g/mol. The fraction of sp³-hybridized carbons (Fsp3) is 0.636. The number of nitrogens with two attached hydrogens (primary N) is 1. The molecular formula is C22H38N2O4Si. The maximum atomic E-state index is 12.7. The fourth-order valence-electron chi connectivity index (χ4n) is 2.71. The van der Waals surface area contributed by atoms with Gasteiger partial charge in [-0.2, -0.15) is 0 Å². The molecule has 0 aliphatic rings. The lowest BCUT2D eigenvalue weighted by molar-refractivity contribution is -0.148. The smallest absolute Gasteiger partial charge is 0.328 e. The molecule has 164 valence electrons. The average molecular weight is 423 g/mol. The van der Waals surface area contributed by atoms with Crippen LogP contribution in [-0.4, -0.2) is 50.3 Å². The summed E-state index contributed by atoms with van der Waals surface area (Å²) in [7, 11) is -1.32. The maximum Gasteiger partial charge on any atom is 0.328 e. The van der Waals surface area contributed by atoms with E-state index in [1.54, 1.807) is 6.92 Å². The molecule has 3 atom stereocenters. The van der Waals surface area contributed by atoms with Gasteiger partial charge >= 0.3 is 5.97 Å². The zero-order valence-corrected chi connectivity index (χ0v) is 20.0. The van der Waals surface area contributed by atoms with E-state index in [-0.39, 0.29) is 0 Å². The highest BCUT2D eigenvalue weighted by atomic mass is 28.3. The van der Waals surface area contributed by atoms with Gasteiger partial charge in [-0.15, -0.1) is 0 Å². The average Bonchev–Trinajstić information content (AvgIpc) is 2.58. The van der Waals surface area contributed by atoms with Crippen LogP contribution in [0.5, 0.6) is 0 Å². The third-order valence-electron chi connectivity index (χ3n) is 4.33. The molecule has 0 saturated heterocycles. The molecule has 0 aliphatic carbocycles. The molecule has 0 aliphatic heterocycles. The summed E-state index contributed by atoms with van der Waals surface area (Å²) in [5.41, 5.74) is 6.60. The molecule has 1 aromatic rings. The van der Waals surface area contributed by atoms with Crippen molar-refractivity contribution in [2.75, 3.05) is 6.61 Å². The van der Waals surface area contributed by atoms with Crippen LogP contribution in [0, 0.1) is 0 Å². The van der Waals surface area contributed by atoms with E-state index in [1.165, 1.54) is 0 Å². The molecule has 0 saturated carbocycles. The quantitative estimate of drug-likeness (QED) is 0.446. The van der Waals surface area contributed by atoms with Gasteiger partial charge in [0.05, 0.1) is 18.3 Å². The Morgan fingerprint density at radius 3 is 2.24 bits per heavy atom. The summed E-state index contributed by atoms with van der Waals surface area (Å²) in [5, 5.41) is 2.77. The van der Waals surface area contributed by atoms with Crippen LogP contribution in [0.15, 0.2) is 30.3 Å². The SMILES string of the molecule is C[C@H](OC(C)(C)C)[C@H](N)C(=O)N[C@@H](Cc1ccccc1)C(=O)OCC[Si](C)(C)C. The van der Waals surface area contributed by atoms with Gasteiger partial charge in [-0.1, -0.05) is 50.0 Å².